The average molecular weight is 276 g/mol. The van der Waals surface area contributed by atoms with Gasteiger partial charge in [0.05, 0.1) is 19.8 Å². The zero-order chi connectivity index (χ0) is 14.4. The maximum absolute atomic E-state index is 14.1. The Hall–Kier alpha value is -1.41. The molecule has 1 heterocycles. The third kappa shape index (κ3) is 3.80. The predicted octanol–water partition coefficient (Wildman–Crippen LogP) is 1.75. The lowest BCUT2D eigenvalue weighted by molar-refractivity contribution is -0.0131. The van der Waals surface area contributed by atoms with E-state index in [1.165, 1.54) is 6.07 Å². The maximum Gasteiger partial charge on any atom is 0.128 e. The SMILES string of the molecule is CCC1COCCN1Cc1ccc(C#CCN)cc1F. The summed E-state index contributed by atoms with van der Waals surface area (Å²) >= 11 is 0. The molecule has 1 aliphatic heterocycles. The number of nitrogens with two attached hydrogens (primary N) is 1. The number of ether oxygens (including phenoxy) is 1. The topological polar surface area (TPSA) is 38.5 Å². The Morgan fingerprint density at radius 2 is 2.35 bits per heavy atom. The third-order valence-electron chi connectivity index (χ3n) is 3.58. The average Bonchev–Trinajstić information content (AvgIpc) is 2.48. The van der Waals surface area contributed by atoms with Gasteiger partial charge in [-0.25, -0.2) is 4.39 Å². The van der Waals surface area contributed by atoms with Crippen LogP contribution in [0.2, 0.25) is 0 Å². The summed E-state index contributed by atoms with van der Waals surface area (Å²) in [5, 5.41) is 0. The Kier molecular flexibility index (Phi) is 5.54. The van der Waals surface area contributed by atoms with Crippen molar-refractivity contribution >= 4 is 0 Å². The zero-order valence-corrected chi connectivity index (χ0v) is 11.9. The summed E-state index contributed by atoms with van der Waals surface area (Å²) in [7, 11) is 0. The number of hydrogen-bond acceptors (Lipinski definition) is 3. The van der Waals surface area contributed by atoms with Crippen molar-refractivity contribution in [3.63, 3.8) is 0 Å². The Labute approximate surface area is 119 Å². The van der Waals surface area contributed by atoms with Gasteiger partial charge < -0.3 is 10.5 Å². The molecule has 2 N–H and O–H groups in total. The van der Waals surface area contributed by atoms with Gasteiger partial charge in [0.2, 0.25) is 0 Å². The van der Waals surface area contributed by atoms with Crippen LogP contribution in [0.5, 0.6) is 0 Å². The molecular formula is C16H21FN2O. The molecule has 3 nitrogen and oxygen atoms in total. The summed E-state index contributed by atoms with van der Waals surface area (Å²) in [5.41, 5.74) is 6.70. The van der Waals surface area contributed by atoms with Gasteiger partial charge in [-0.05, 0) is 18.6 Å². The van der Waals surface area contributed by atoms with Crippen LogP contribution in [0, 0.1) is 17.7 Å². The van der Waals surface area contributed by atoms with Crippen molar-refractivity contribution < 1.29 is 9.13 Å². The minimum atomic E-state index is -0.199. The van der Waals surface area contributed by atoms with Gasteiger partial charge in [0.25, 0.3) is 0 Å². The van der Waals surface area contributed by atoms with E-state index < -0.39 is 0 Å². The summed E-state index contributed by atoms with van der Waals surface area (Å²) in [6.45, 7) is 5.35. The van der Waals surface area contributed by atoms with E-state index in [2.05, 4.69) is 23.7 Å². The van der Waals surface area contributed by atoms with Crippen molar-refractivity contribution in [1.29, 1.82) is 0 Å². The quantitative estimate of drug-likeness (QED) is 0.855. The van der Waals surface area contributed by atoms with Crippen molar-refractivity contribution in [3.8, 4) is 11.8 Å². The molecule has 0 radical (unpaired) electrons. The number of halogens is 1. The Morgan fingerprint density at radius 3 is 3.05 bits per heavy atom. The first-order valence-electron chi connectivity index (χ1n) is 7.03. The number of rotatable bonds is 3. The van der Waals surface area contributed by atoms with Gasteiger partial charge in [-0.1, -0.05) is 24.8 Å². The van der Waals surface area contributed by atoms with E-state index in [4.69, 9.17) is 10.5 Å². The van der Waals surface area contributed by atoms with Crippen molar-refractivity contribution in [3.05, 3.63) is 35.1 Å². The van der Waals surface area contributed by atoms with Gasteiger partial charge in [0.1, 0.15) is 5.82 Å². The van der Waals surface area contributed by atoms with Crippen LogP contribution in [-0.4, -0.2) is 37.2 Å². The fourth-order valence-electron chi connectivity index (χ4n) is 2.40. The molecule has 1 aromatic carbocycles. The Bertz CT molecular complexity index is 507. The van der Waals surface area contributed by atoms with Crippen LogP contribution >= 0.6 is 0 Å². The van der Waals surface area contributed by atoms with Gasteiger partial charge >= 0.3 is 0 Å². The molecule has 0 aliphatic carbocycles. The number of benzene rings is 1. The molecule has 108 valence electrons. The lowest BCUT2D eigenvalue weighted by Crippen LogP contribution is -2.44. The van der Waals surface area contributed by atoms with Gasteiger partial charge in [-0.3, -0.25) is 4.90 Å². The van der Waals surface area contributed by atoms with Crippen molar-refractivity contribution in [2.24, 2.45) is 5.73 Å². The third-order valence-corrected chi connectivity index (χ3v) is 3.58. The summed E-state index contributed by atoms with van der Waals surface area (Å²) in [5.74, 6) is 5.38. The predicted molar refractivity (Wildman–Crippen MR) is 77.6 cm³/mol. The molecule has 0 aromatic heterocycles. The molecule has 1 saturated heterocycles. The van der Waals surface area contributed by atoms with Crippen molar-refractivity contribution in [2.75, 3.05) is 26.3 Å². The molecule has 1 aliphatic rings. The molecule has 0 saturated carbocycles. The van der Waals surface area contributed by atoms with Crippen LogP contribution in [0.25, 0.3) is 0 Å². The van der Waals surface area contributed by atoms with E-state index in [1.54, 1.807) is 0 Å². The van der Waals surface area contributed by atoms with E-state index in [9.17, 15) is 4.39 Å². The van der Waals surface area contributed by atoms with Crippen molar-refractivity contribution in [2.45, 2.75) is 25.9 Å². The maximum atomic E-state index is 14.1. The van der Waals surface area contributed by atoms with E-state index in [-0.39, 0.29) is 12.4 Å². The monoisotopic (exact) mass is 276 g/mol. The largest absolute Gasteiger partial charge is 0.378 e. The number of hydrogen-bond donors (Lipinski definition) is 1. The molecular weight excluding hydrogens is 255 g/mol. The fourth-order valence-corrected chi connectivity index (χ4v) is 2.40. The number of morpholine rings is 1. The molecule has 0 amide bonds. The Morgan fingerprint density at radius 1 is 1.50 bits per heavy atom. The summed E-state index contributed by atoms with van der Waals surface area (Å²) in [6, 6.07) is 5.53. The summed E-state index contributed by atoms with van der Waals surface area (Å²) in [6.07, 6.45) is 1.02. The van der Waals surface area contributed by atoms with Crippen LogP contribution in [0.4, 0.5) is 4.39 Å². The van der Waals surface area contributed by atoms with Gasteiger partial charge in [0, 0.05) is 30.3 Å². The van der Waals surface area contributed by atoms with Crippen LogP contribution in [-0.2, 0) is 11.3 Å². The molecule has 0 spiro atoms. The molecule has 1 atom stereocenters. The Balaban J connectivity index is 2.09. The van der Waals surface area contributed by atoms with E-state index >= 15 is 0 Å². The van der Waals surface area contributed by atoms with Crippen LogP contribution < -0.4 is 5.73 Å². The summed E-state index contributed by atoms with van der Waals surface area (Å²) < 4.78 is 19.6. The van der Waals surface area contributed by atoms with E-state index in [0.29, 0.717) is 23.7 Å². The molecule has 1 unspecified atom stereocenters. The van der Waals surface area contributed by atoms with E-state index in [1.807, 2.05) is 12.1 Å². The van der Waals surface area contributed by atoms with Gasteiger partial charge in [0.15, 0.2) is 0 Å². The first kappa shape index (κ1) is 15.0. The highest BCUT2D eigenvalue weighted by atomic mass is 19.1. The first-order chi connectivity index (χ1) is 9.74. The highest BCUT2D eigenvalue weighted by Gasteiger charge is 2.22. The van der Waals surface area contributed by atoms with Crippen molar-refractivity contribution in [1.82, 2.24) is 4.90 Å². The second kappa shape index (κ2) is 7.39. The van der Waals surface area contributed by atoms with Crippen LogP contribution in [0.15, 0.2) is 18.2 Å². The number of nitrogens with zero attached hydrogens (tertiary/aromatic N) is 1. The molecule has 1 aromatic rings. The van der Waals surface area contributed by atoms with Gasteiger partial charge in [-0.2, -0.15) is 0 Å². The standard InChI is InChI=1S/C16H21FN2O/c1-2-15-12-20-9-8-19(15)11-14-6-5-13(4-3-7-18)10-16(14)17/h5-6,10,15H,2,7-9,11-12,18H2,1H3. The molecule has 2 rings (SSSR count). The second-order valence-electron chi connectivity index (χ2n) is 4.92. The first-order valence-corrected chi connectivity index (χ1v) is 7.03. The van der Waals surface area contributed by atoms with Crippen LogP contribution in [0.3, 0.4) is 0 Å². The lowest BCUT2D eigenvalue weighted by Gasteiger charge is -2.35. The molecule has 0 bridgehead atoms. The van der Waals surface area contributed by atoms with Gasteiger partial charge in [-0.15, -0.1) is 0 Å². The lowest BCUT2D eigenvalue weighted by atomic mass is 10.1. The highest BCUT2D eigenvalue weighted by Crippen LogP contribution is 2.17. The smallest absolute Gasteiger partial charge is 0.128 e. The fraction of sp³-hybridized carbons (Fsp3) is 0.500. The molecule has 4 heteroatoms. The normalized spacial score (nSPS) is 19.4. The highest BCUT2D eigenvalue weighted by molar-refractivity contribution is 5.37. The van der Waals surface area contributed by atoms with Crippen LogP contribution in [0.1, 0.15) is 24.5 Å². The minimum absolute atomic E-state index is 0.199. The minimum Gasteiger partial charge on any atom is -0.378 e. The summed E-state index contributed by atoms with van der Waals surface area (Å²) in [4.78, 5) is 2.28. The van der Waals surface area contributed by atoms with E-state index in [0.717, 1.165) is 26.2 Å². The molecule has 1 fully saturated rings. The molecule has 20 heavy (non-hydrogen) atoms. The second-order valence-corrected chi connectivity index (χ2v) is 4.92. The zero-order valence-electron chi connectivity index (χ0n) is 11.9.